The van der Waals surface area contributed by atoms with Crippen molar-refractivity contribution in [3.63, 3.8) is 0 Å². The molecule has 0 N–H and O–H groups in total. The zero-order valence-electron chi connectivity index (χ0n) is 17.2. The molecule has 0 bridgehead atoms. The van der Waals surface area contributed by atoms with Gasteiger partial charge in [0, 0.05) is 28.7 Å². The number of rotatable bonds is 11. The lowest BCUT2D eigenvalue weighted by Crippen LogP contribution is -2.20. The van der Waals surface area contributed by atoms with Gasteiger partial charge < -0.3 is 0 Å². The molecule has 0 saturated heterocycles. The number of carbonyl (C=O) groups is 3. The van der Waals surface area contributed by atoms with Crippen LogP contribution >= 0.6 is 0 Å². The summed E-state index contributed by atoms with van der Waals surface area (Å²) in [5.74, 6) is -0.145. The molecule has 0 fully saturated rings. The van der Waals surface area contributed by atoms with Gasteiger partial charge >= 0.3 is 0 Å². The van der Waals surface area contributed by atoms with E-state index in [1.165, 1.54) is 32.1 Å². The van der Waals surface area contributed by atoms with Crippen LogP contribution in [0.5, 0.6) is 0 Å². The third-order valence-corrected chi connectivity index (χ3v) is 5.28. The second-order valence-electron chi connectivity index (χ2n) is 7.26. The molecule has 0 radical (unpaired) electrons. The number of ketones is 3. The van der Waals surface area contributed by atoms with Gasteiger partial charge in [0.1, 0.15) is 0 Å². The maximum Gasteiger partial charge on any atom is 0.189 e. The Balaban J connectivity index is 2.84. The molecule has 26 heavy (non-hydrogen) atoms. The molecule has 0 heterocycles. The van der Waals surface area contributed by atoms with Crippen molar-refractivity contribution in [2.45, 2.75) is 92.4 Å². The van der Waals surface area contributed by atoms with Gasteiger partial charge in [0.05, 0.1) is 0 Å². The highest BCUT2D eigenvalue weighted by Gasteiger charge is 2.27. The quantitative estimate of drug-likeness (QED) is 0.265. The molecule has 0 aromatic carbocycles. The number of carbonyl (C=O) groups excluding carboxylic acids is 3. The third kappa shape index (κ3) is 5.89. The van der Waals surface area contributed by atoms with Crippen LogP contribution in [0.2, 0.25) is 0 Å². The van der Waals surface area contributed by atoms with Gasteiger partial charge in [-0.2, -0.15) is 0 Å². The minimum Gasteiger partial charge on any atom is -0.295 e. The summed E-state index contributed by atoms with van der Waals surface area (Å²) in [6.07, 6.45) is 11.1. The van der Waals surface area contributed by atoms with Crippen LogP contribution in [0.4, 0.5) is 0 Å². The van der Waals surface area contributed by atoms with Crippen LogP contribution in [-0.4, -0.2) is 17.3 Å². The largest absolute Gasteiger partial charge is 0.295 e. The van der Waals surface area contributed by atoms with Crippen LogP contribution in [0, 0.1) is 0 Å². The predicted molar refractivity (Wildman–Crippen MR) is 107 cm³/mol. The maximum atomic E-state index is 12.6. The Morgan fingerprint density at radius 3 is 1.88 bits per heavy atom. The van der Waals surface area contributed by atoms with Crippen molar-refractivity contribution in [3.8, 4) is 0 Å². The van der Waals surface area contributed by atoms with E-state index in [9.17, 15) is 14.4 Å². The summed E-state index contributed by atoms with van der Waals surface area (Å²) in [6, 6.07) is 0. The predicted octanol–water partition coefficient (Wildman–Crippen LogP) is 5.84. The van der Waals surface area contributed by atoms with Gasteiger partial charge in [-0.05, 0) is 45.3 Å². The number of unbranched alkanes of at least 4 members (excludes halogenated alkanes) is 6. The molecule has 3 heteroatoms. The van der Waals surface area contributed by atoms with Crippen molar-refractivity contribution in [1.82, 2.24) is 0 Å². The van der Waals surface area contributed by atoms with Crippen molar-refractivity contribution < 1.29 is 14.4 Å². The Bertz CT molecular complexity index is 644. The molecule has 144 valence electrons. The van der Waals surface area contributed by atoms with E-state index in [0.717, 1.165) is 12.8 Å². The van der Waals surface area contributed by atoms with E-state index in [1.54, 1.807) is 26.8 Å². The van der Waals surface area contributed by atoms with Gasteiger partial charge in [-0.1, -0.05) is 52.4 Å². The second-order valence-corrected chi connectivity index (χ2v) is 7.26. The van der Waals surface area contributed by atoms with Gasteiger partial charge in [-0.15, -0.1) is 0 Å². The molecule has 1 rings (SSSR count). The van der Waals surface area contributed by atoms with Crippen LogP contribution in [0.1, 0.15) is 92.4 Å². The Morgan fingerprint density at radius 1 is 0.769 bits per heavy atom. The van der Waals surface area contributed by atoms with Gasteiger partial charge in [0.2, 0.25) is 0 Å². The standard InChI is InChI=1S/C23H34O3/c1-6-8-9-10-11-12-13-14-19(21(24)7-2)15-20-18(5)22(25)16(3)17(4)23(20)26/h15H,6-14H2,1-5H3. The summed E-state index contributed by atoms with van der Waals surface area (Å²) in [4.78, 5) is 37.2. The minimum atomic E-state index is -0.124. The molecule has 1 aliphatic rings. The topological polar surface area (TPSA) is 51.2 Å². The highest BCUT2D eigenvalue weighted by atomic mass is 16.1. The highest BCUT2D eigenvalue weighted by molar-refractivity contribution is 6.26. The molecule has 0 amide bonds. The van der Waals surface area contributed by atoms with E-state index in [1.807, 2.05) is 6.92 Å². The molecule has 0 atom stereocenters. The first-order valence-electron chi connectivity index (χ1n) is 10.1. The molecule has 0 aromatic rings. The van der Waals surface area contributed by atoms with Crippen LogP contribution in [0.3, 0.4) is 0 Å². The number of hydrogen-bond acceptors (Lipinski definition) is 3. The van der Waals surface area contributed by atoms with Gasteiger partial charge in [0.25, 0.3) is 0 Å². The van der Waals surface area contributed by atoms with Crippen molar-refractivity contribution >= 4 is 17.3 Å². The first-order chi connectivity index (χ1) is 12.3. The molecule has 0 aliphatic heterocycles. The summed E-state index contributed by atoms with van der Waals surface area (Å²) in [5.41, 5.74) is 2.55. The zero-order chi connectivity index (χ0) is 19.7. The van der Waals surface area contributed by atoms with Crippen LogP contribution in [-0.2, 0) is 14.4 Å². The maximum absolute atomic E-state index is 12.6. The van der Waals surface area contributed by atoms with E-state index >= 15 is 0 Å². The molecular formula is C23H34O3. The molecule has 0 aromatic heterocycles. The van der Waals surface area contributed by atoms with Crippen molar-refractivity contribution in [1.29, 1.82) is 0 Å². The van der Waals surface area contributed by atoms with Crippen LogP contribution in [0.15, 0.2) is 33.9 Å². The summed E-state index contributed by atoms with van der Waals surface area (Å²) >= 11 is 0. The third-order valence-electron chi connectivity index (χ3n) is 5.28. The first-order valence-corrected chi connectivity index (χ1v) is 10.1. The number of hydrogen-bond donors (Lipinski definition) is 0. The number of allylic oxidation sites excluding steroid dienone is 6. The molecule has 0 unspecified atom stereocenters. The van der Waals surface area contributed by atoms with Gasteiger partial charge in [-0.3, -0.25) is 14.4 Å². The molecule has 1 aliphatic carbocycles. The second kappa shape index (κ2) is 11.1. The van der Waals surface area contributed by atoms with E-state index in [-0.39, 0.29) is 17.3 Å². The smallest absolute Gasteiger partial charge is 0.189 e. The normalized spacial score (nSPS) is 16.0. The van der Waals surface area contributed by atoms with E-state index < -0.39 is 0 Å². The van der Waals surface area contributed by atoms with E-state index in [0.29, 0.717) is 40.7 Å². The molecule has 0 saturated carbocycles. The number of Topliss-reactive ketones (excluding diaryl/α,β-unsaturated/α-hetero) is 3. The summed E-state index contributed by atoms with van der Waals surface area (Å²) in [5, 5.41) is 0. The first kappa shape index (κ1) is 22.3. The van der Waals surface area contributed by atoms with Crippen molar-refractivity contribution in [2.24, 2.45) is 0 Å². The molecule has 0 spiro atoms. The SMILES string of the molecule is CCCCCCCCCC(=CC1=C(C)C(=O)C(C)=C(C)C1=O)C(=O)CC. The summed E-state index contributed by atoms with van der Waals surface area (Å²) < 4.78 is 0. The fourth-order valence-electron chi connectivity index (χ4n) is 3.26. The summed E-state index contributed by atoms with van der Waals surface area (Å²) in [6.45, 7) is 9.11. The van der Waals surface area contributed by atoms with E-state index in [4.69, 9.17) is 0 Å². The lowest BCUT2D eigenvalue weighted by Gasteiger charge is -2.17. The average molecular weight is 359 g/mol. The molecule has 3 nitrogen and oxygen atoms in total. The Hall–Kier alpha value is -1.77. The fourth-order valence-corrected chi connectivity index (χ4v) is 3.26. The molecular weight excluding hydrogens is 324 g/mol. The van der Waals surface area contributed by atoms with Gasteiger partial charge in [-0.25, -0.2) is 0 Å². The minimum absolute atomic E-state index is 0.0699. The summed E-state index contributed by atoms with van der Waals surface area (Å²) in [7, 11) is 0. The fraction of sp³-hybridized carbons (Fsp3) is 0.609. The Kier molecular flexibility index (Phi) is 9.47. The van der Waals surface area contributed by atoms with Crippen LogP contribution < -0.4 is 0 Å². The zero-order valence-corrected chi connectivity index (χ0v) is 17.2. The average Bonchev–Trinajstić information content (AvgIpc) is 2.65. The van der Waals surface area contributed by atoms with Crippen molar-refractivity contribution in [2.75, 3.05) is 0 Å². The lowest BCUT2D eigenvalue weighted by molar-refractivity contribution is -0.116. The Morgan fingerprint density at radius 2 is 1.31 bits per heavy atom. The highest BCUT2D eigenvalue weighted by Crippen LogP contribution is 2.27. The van der Waals surface area contributed by atoms with E-state index in [2.05, 4.69) is 6.92 Å². The monoisotopic (exact) mass is 358 g/mol. The lowest BCUT2D eigenvalue weighted by atomic mass is 9.84. The van der Waals surface area contributed by atoms with Crippen molar-refractivity contribution in [3.05, 3.63) is 33.9 Å². The Labute approximate surface area is 158 Å². The van der Waals surface area contributed by atoms with Gasteiger partial charge in [0.15, 0.2) is 17.3 Å². The van der Waals surface area contributed by atoms with Crippen LogP contribution in [0.25, 0.3) is 0 Å².